The molecule has 7 nitrogen and oxygen atoms in total. The highest BCUT2D eigenvalue weighted by molar-refractivity contribution is 6.05. The van der Waals surface area contributed by atoms with Gasteiger partial charge in [0.05, 0.1) is 16.9 Å². The van der Waals surface area contributed by atoms with Crippen LogP contribution in [0, 0.1) is 20.8 Å². The monoisotopic (exact) mass is 373 g/mol. The average molecular weight is 373 g/mol. The predicted molar refractivity (Wildman–Crippen MR) is 105 cm³/mol. The standard InChI is InChI=1S/C21H19N5O2/c1-13-6-4-5-7-19(13)23-21(27)18-12-26(24-14(18)2)17-10-8-16(9-11-17)20-22-15(3)28-25-20/h4-12H,1-3H3,(H,23,27). The third kappa shape index (κ3) is 3.42. The summed E-state index contributed by atoms with van der Waals surface area (Å²) in [5.74, 6) is 0.877. The van der Waals surface area contributed by atoms with Gasteiger partial charge in [0.2, 0.25) is 11.7 Å². The molecular weight excluding hydrogens is 354 g/mol. The summed E-state index contributed by atoms with van der Waals surface area (Å²) >= 11 is 0. The number of aryl methyl sites for hydroxylation is 3. The van der Waals surface area contributed by atoms with E-state index in [0.717, 1.165) is 22.5 Å². The number of amides is 1. The SMILES string of the molecule is Cc1nc(-c2ccc(-n3cc(C(=O)Nc4ccccc4C)c(C)n3)cc2)no1. The molecule has 7 heteroatoms. The topological polar surface area (TPSA) is 85.8 Å². The number of hydrogen-bond donors (Lipinski definition) is 1. The highest BCUT2D eigenvalue weighted by atomic mass is 16.5. The second-order valence-corrected chi connectivity index (χ2v) is 6.53. The molecule has 140 valence electrons. The Morgan fingerprint density at radius 1 is 1.04 bits per heavy atom. The molecule has 4 aromatic rings. The van der Waals surface area contributed by atoms with Crippen LogP contribution < -0.4 is 5.32 Å². The first kappa shape index (κ1) is 17.7. The number of carbonyl (C=O) groups excluding carboxylic acids is 1. The third-order valence-corrected chi connectivity index (χ3v) is 4.45. The van der Waals surface area contributed by atoms with Gasteiger partial charge in [0, 0.05) is 24.4 Å². The Labute approximate surface area is 162 Å². The van der Waals surface area contributed by atoms with Crippen LogP contribution in [-0.4, -0.2) is 25.8 Å². The van der Waals surface area contributed by atoms with Gasteiger partial charge in [0.25, 0.3) is 5.91 Å². The molecule has 1 N–H and O–H groups in total. The maximum atomic E-state index is 12.7. The lowest BCUT2D eigenvalue weighted by Crippen LogP contribution is -2.13. The molecule has 2 aromatic carbocycles. The molecule has 0 bridgehead atoms. The summed E-state index contributed by atoms with van der Waals surface area (Å²) in [7, 11) is 0. The Morgan fingerprint density at radius 2 is 1.79 bits per heavy atom. The van der Waals surface area contributed by atoms with Gasteiger partial charge < -0.3 is 9.84 Å². The Bertz CT molecular complexity index is 1140. The zero-order valence-electron chi connectivity index (χ0n) is 15.8. The molecule has 0 aliphatic carbocycles. The lowest BCUT2D eigenvalue weighted by atomic mass is 10.2. The zero-order valence-corrected chi connectivity index (χ0v) is 15.8. The van der Waals surface area contributed by atoms with E-state index >= 15 is 0 Å². The molecule has 0 saturated carbocycles. The number of benzene rings is 2. The molecule has 0 saturated heterocycles. The van der Waals surface area contributed by atoms with Crippen molar-refractivity contribution in [2.24, 2.45) is 0 Å². The summed E-state index contributed by atoms with van der Waals surface area (Å²) < 4.78 is 6.70. The smallest absolute Gasteiger partial charge is 0.259 e. The summed E-state index contributed by atoms with van der Waals surface area (Å²) in [5, 5.41) is 11.3. The molecule has 0 atom stereocenters. The van der Waals surface area contributed by atoms with Gasteiger partial charge in [-0.1, -0.05) is 23.4 Å². The molecular formula is C21H19N5O2. The van der Waals surface area contributed by atoms with E-state index in [1.54, 1.807) is 17.8 Å². The molecule has 28 heavy (non-hydrogen) atoms. The van der Waals surface area contributed by atoms with Crippen molar-refractivity contribution in [2.75, 3.05) is 5.32 Å². The van der Waals surface area contributed by atoms with Crippen molar-refractivity contribution < 1.29 is 9.32 Å². The van der Waals surface area contributed by atoms with Gasteiger partial charge in [-0.3, -0.25) is 4.79 Å². The van der Waals surface area contributed by atoms with Crippen molar-refractivity contribution in [1.29, 1.82) is 0 Å². The van der Waals surface area contributed by atoms with Crippen LogP contribution in [0.1, 0.15) is 27.5 Å². The lowest BCUT2D eigenvalue weighted by molar-refractivity contribution is 0.102. The fraction of sp³-hybridized carbons (Fsp3) is 0.143. The predicted octanol–water partition coefficient (Wildman–Crippen LogP) is 4.10. The highest BCUT2D eigenvalue weighted by Gasteiger charge is 2.15. The van der Waals surface area contributed by atoms with Crippen LogP contribution in [0.15, 0.2) is 59.3 Å². The molecule has 0 aliphatic heterocycles. The lowest BCUT2D eigenvalue weighted by Gasteiger charge is -2.07. The minimum atomic E-state index is -0.183. The molecule has 0 aliphatic rings. The van der Waals surface area contributed by atoms with E-state index < -0.39 is 0 Å². The van der Waals surface area contributed by atoms with Crippen molar-refractivity contribution in [3.05, 3.63) is 77.4 Å². The quantitative estimate of drug-likeness (QED) is 0.582. The van der Waals surface area contributed by atoms with E-state index in [0.29, 0.717) is 23.0 Å². The van der Waals surface area contributed by atoms with Crippen LogP contribution in [0.25, 0.3) is 17.1 Å². The minimum Gasteiger partial charge on any atom is -0.339 e. The van der Waals surface area contributed by atoms with Gasteiger partial charge in [-0.2, -0.15) is 10.1 Å². The van der Waals surface area contributed by atoms with Crippen molar-refractivity contribution in [1.82, 2.24) is 19.9 Å². The van der Waals surface area contributed by atoms with Gasteiger partial charge in [0.15, 0.2) is 0 Å². The first-order valence-corrected chi connectivity index (χ1v) is 8.85. The molecule has 2 heterocycles. The summed E-state index contributed by atoms with van der Waals surface area (Å²) in [6.45, 7) is 5.53. The highest BCUT2D eigenvalue weighted by Crippen LogP contribution is 2.20. The van der Waals surface area contributed by atoms with E-state index in [2.05, 4.69) is 20.6 Å². The Balaban J connectivity index is 1.57. The second-order valence-electron chi connectivity index (χ2n) is 6.53. The Hall–Kier alpha value is -3.74. The van der Waals surface area contributed by atoms with Crippen molar-refractivity contribution in [3.63, 3.8) is 0 Å². The number of carbonyl (C=O) groups is 1. The van der Waals surface area contributed by atoms with Crippen LogP contribution in [0.5, 0.6) is 0 Å². The van der Waals surface area contributed by atoms with E-state index in [4.69, 9.17) is 4.52 Å². The van der Waals surface area contributed by atoms with Crippen LogP contribution in [-0.2, 0) is 0 Å². The van der Waals surface area contributed by atoms with E-state index in [-0.39, 0.29) is 5.91 Å². The number of nitrogens with zero attached hydrogens (tertiary/aromatic N) is 4. The normalized spacial score (nSPS) is 10.8. The summed E-state index contributed by atoms with van der Waals surface area (Å²) in [4.78, 5) is 16.9. The molecule has 1 amide bonds. The first-order chi connectivity index (χ1) is 13.5. The number of rotatable bonds is 4. The fourth-order valence-corrected chi connectivity index (χ4v) is 2.90. The van der Waals surface area contributed by atoms with Crippen LogP contribution in [0.2, 0.25) is 0 Å². The van der Waals surface area contributed by atoms with Gasteiger partial charge >= 0.3 is 0 Å². The molecule has 0 fully saturated rings. The van der Waals surface area contributed by atoms with E-state index in [9.17, 15) is 4.79 Å². The third-order valence-electron chi connectivity index (χ3n) is 4.45. The maximum Gasteiger partial charge on any atom is 0.259 e. The summed E-state index contributed by atoms with van der Waals surface area (Å²) in [6.07, 6.45) is 1.73. The van der Waals surface area contributed by atoms with Crippen molar-refractivity contribution in [2.45, 2.75) is 20.8 Å². The molecule has 0 unspecified atom stereocenters. The Morgan fingerprint density at radius 3 is 2.46 bits per heavy atom. The number of para-hydroxylation sites is 1. The first-order valence-electron chi connectivity index (χ1n) is 8.85. The van der Waals surface area contributed by atoms with Crippen molar-refractivity contribution in [3.8, 4) is 17.1 Å². The van der Waals surface area contributed by atoms with Crippen LogP contribution in [0.4, 0.5) is 5.69 Å². The van der Waals surface area contributed by atoms with E-state index in [1.807, 2.05) is 62.4 Å². The zero-order chi connectivity index (χ0) is 19.7. The number of nitrogens with one attached hydrogen (secondary N) is 1. The van der Waals surface area contributed by atoms with Crippen LogP contribution in [0.3, 0.4) is 0 Å². The van der Waals surface area contributed by atoms with Crippen LogP contribution >= 0.6 is 0 Å². The molecule has 0 spiro atoms. The maximum absolute atomic E-state index is 12.7. The fourth-order valence-electron chi connectivity index (χ4n) is 2.90. The number of aromatic nitrogens is 4. The summed E-state index contributed by atoms with van der Waals surface area (Å²) in [5.41, 5.74) is 4.67. The number of hydrogen-bond acceptors (Lipinski definition) is 5. The number of anilines is 1. The second kappa shape index (κ2) is 7.11. The van der Waals surface area contributed by atoms with Gasteiger partial charge in [0.1, 0.15) is 0 Å². The van der Waals surface area contributed by atoms with E-state index in [1.165, 1.54) is 0 Å². The largest absolute Gasteiger partial charge is 0.339 e. The molecule has 4 rings (SSSR count). The minimum absolute atomic E-state index is 0.183. The summed E-state index contributed by atoms with van der Waals surface area (Å²) in [6, 6.07) is 15.3. The Kier molecular flexibility index (Phi) is 4.49. The average Bonchev–Trinajstić information content (AvgIpc) is 3.30. The van der Waals surface area contributed by atoms with Gasteiger partial charge in [-0.05, 0) is 49.7 Å². The van der Waals surface area contributed by atoms with Gasteiger partial charge in [-0.25, -0.2) is 4.68 Å². The molecule has 2 aromatic heterocycles. The van der Waals surface area contributed by atoms with Crippen molar-refractivity contribution >= 4 is 11.6 Å². The molecule has 0 radical (unpaired) electrons. The van der Waals surface area contributed by atoms with Gasteiger partial charge in [-0.15, -0.1) is 0 Å².